The van der Waals surface area contributed by atoms with Gasteiger partial charge in [-0.05, 0) is 23.8 Å². The first-order chi connectivity index (χ1) is 8.09. The molecular formula is C9H10O8S. The van der Waals surface area contributed by atoms with Crippen LogP contribution in [0.15, 0.2) is 24.3 Å². The lowest BCUT2D eigenvalue weighted by Crippen LogP contribution is -1.89. The highest BCUT2D eigenvalue weighted by molar-refractivity contribution is 7.79. The van der Waals surface area contributed by atoms with Crippen LogP contribution in [0.4, 0.5) is 0 Å². The van der Waals surface area contributed by atoms with Crippen molar-refractivity contribution in [3.63, 3.8) is 0 Å². The molecule has 0 aliphatic carbocycles. The van der Waals surface area contributed by atoms with Crippen molar-refractivity contribution < 1.29 is 37.6 Å². The SMILES string of the molecule is O=C(O)C=Cc1ccc(O)c(O)c1.O=S(=O)(O)O. The summed E-state index contributed by atoms with van der Waals surface area (Å²) >= 11 is 0. The zero-order chi connectivity index (χ0) is 14.3. The maximum absolute atomic E-state index is 10.1. The van der Waals surface area contributed by atoms with Gasteiger partial charge in [0.1, 0.15) is 0 Å². The predicted octanol–water partition coefficient (Wildman–Crippen LogP) is 0.543. The van der Waals surface area contributed by atoms with E-state index in [1.54, 1.807) is 0 Å². The van der Waals surface area contributed by atoms with Crippen LogP contribution in [0.3, 0.4) is 0 Å². The Morgan fingerprint density at radius 1 is 1.11 bits per heavy atom. The molecule has 0 aliphatic rings. The molecule has 18 heavy (non-hydrogen) atoms. The van der Waals surface area contributed by atoms with Crippen LogP contribution in [0.25, 0.3) is 6.08 Å². The molecule has 0 atom stereocenters. The summed E-state index contributed by atoms with van der Waals surface area (Å²) < 4.78 is 31.6. The molecule has 0 saturated carbocycles. The normalized spacial score (nSPS) is 10.8. The molecule has 0 unspecified atom stereocenters. The van der Waals surface area contributed by atoms with Crippen molar-refractivity contribution in [1.29, 1.82) is 0 Å². The van der Waals surface area contributed by atoms with E-state index < -0.39 is 16.4 Å². The van der Waals surface area contributed by atoms with Gasteiger partial charge in [-0.2, -0.15) is 8.42 Å². The molecule has 0 aromatic heterocycles. The molecule has 0 saturated heterocycles. The Morgan fingerprint density at radius 2 is 1.61 bits per heavy atom. The van der Waals surface area contributed by atoms with E-state index in [4.69, 9.17) is 32.8 Å². The van der Waals surface area contributed by atoms with Gasteiger partial charge >= 0.3 is 16.4 Å². The van der Waals surface area contributed by atoms with Crippen molar-refractivity contribution >= 4 is 22.4 Å². The fraction of sp³-hybridized carbons (Fsp3) is 0. The Kier molecular flexibility index (Phi) is 5.82. The van der Waals surface area contributed by atoms with Crippen LogP contribution < -0.4 is 0 Å². The maximum atomic E-state index is 10.1. The topological polar surface area (TPSA) is 152 Å². The van der Waals surface area contributed by atoms with Crippen LogP contribution >= 0.6 is 0 Å². The van der Waals surface area contributed by atoms with Gasteiger partial charge in [0.2, 0.25) is 0 Å². The number of phenols is 2. The molecule has 1 rings (SSSR count). The fourth-order valence-electron chi connectivity index (χ4n) is 0.812. The Hall–Kier alpha value is -2.10. The van der Waals surface area contributed by atoms with Gasteiger partial charge in [0, 0.05) is 6.08 Å². The highest BCUT2D eigenvalue weighted by Gasteiger charge is 1.97. The van der Waals surface area contributed by atoms with Crippen LogP contribution in [0.2, 0.25) is 0 Å². The summed E-state index contributed by atoms with van der Waals surface area (Å²) in [5.74, 6) is -1.56. The number of aromatic hydroxyl groups is 2. The van der Waals surface area contributed by atoms with Crippen LogP contribution in [0, 0.1) is 0 Å². The van der Waals surface area contributed by atoms with Crippen molar-refractivity contribution in [2.75, 3.05) is 0 Å². The molecule has 1 aromatic carbocycles. The van der Waals surface area contributed by atoms with Gasteiger partial charge in [-0.1, -0.05) is 6.07 Å². The lowest BCUT2D eigenvalue weighted by molar-refractivity contribution is -0.131. The molecule has 0 spiro atoms. The molecule has 8 nitrogen and oxygen atoms in total. The first kappa shape index (κ1) is 15.9. The number of hydrogen-bond acceptors (Lipinski definition) is 5. The van der Waals surface area contributed by atoms with E-state index in [9.17, 15) is 4.79 Å². The summed E-state index contributed by atoms with van der Waals surface area (Å²) in [7, 11) is -4.67. The van der Waals surface area contributed by atoms with E-state index in [1.807, 2.05) is 0 Å². The number of carboxylic acid groups (broad SMARTS) is 1. The number of carbonyl (C=O) groups is 1. The Morgan fingerprint density at radius 3 is 2.00 bits per heavy atom. The van der Waals surface area contributed by atoms with Crippen molar-refractivity contribution in [3.8, 4) is 11.5 Å². The molecule has 0 fully saturated rings. The van der Waals surface area contributed by atoms with Gasteiger partial charge in [0.15, 0.2) is 11.5 Å². The van der Waals surface area contributed by atoms with E-state index in [1.165, 1.54) is 24.3 Å². The number of hydrogen-bond donors (Lipinski definition) is 5. The smallest absolute Gasteiger partial charge is 0.394 e. The third kappa shape index (κ3) is 9.15. The van der Waals surface area contributed by atoms with Gasteiger partial charge in [-0.25, -0.2) is 4.79 Å². The maximum Gasteiger partial charge on any atom is 0.394 e. The quantitative estimate of drug-likeness (QED) is 0.298. The minimum Gasteiger partial charge on any atom is -0.504 e. The summed E-state index contributed by atoms with van der Waals surface area (Å²) in [5, 5.41) is 26.3. The molecule has 5 N–H and O–H groups in total. The van der Waals surface area contributed by atoms with E-state index in [-0.39, 0.29) is 11.5 Å². The van der Waals surface area contributed by atoms with E-state index in [2.05, 4.69) is 0 Å². The third-order valence-electron chi connectivity index (χ3n) is 1.42. The van der Waals surface area contributed by atoms with Gasteiger partial charge in [-0.15, -0.1) is 0 Å². The molecule has 0 aliphatic heterocycles. The lowest BCUT2D eigenvalue weighted by atomic mass is 10.2. The predicted molar refractivity (Wildman–Crippen MR) is 60.6 cm³/mol. The average Bonchev–Trinajstić information content (AvgIpc) is 2.17. The van der Waals surface area contributed by atoms with Crippen molar-refractivity contribution in [3.05, 3.63) is 29.8 Å². The first-order valence-electron chi connectivity index (χ1n) is 4.22. The second-order valence-electron chi connectivity index (χ2n) is 2.87. The standard InChI is InChI=1S/C9H8O4.H2O4S/c10-7-3-1-6(5-8(7)11)2-4-9(12)13;1-5(2,3)4/h1-5,10-11H,(H,12,13);(H2,1,2,3,4). The second-order valence-corrected chi connectivity index (χ2v) is 3.76. The van der Waals surface area contributed by atoms with Gasteiger partial charge in [0.25, 0.3) is 0 Å². The minimum absolute atomic E-state index is 0.229. The van der Waals surface area contributed by atoms with Gasteiger partial charge in [-0.3, -0.25) is 9.11 Å². The Balaban J connectivity index is 0.000000494. The van der Waals surface area contributed by atoms with E-state index in [0.717, 1.165) is 6.08 Å². The number of aliphatic carboxylic acids is 1. The molecule has 0 radical (unpaired) electrons. The molecule has 0 heterocycles. The van der Waals surface area contributed by atoms with Crippen LogP contribution in [-0.2, 0) is 15.2 Å². The zero-order valence-corrected chi connectivity index (χ0v) is 9.57. The largest absolute Gasteiger partial charge is 0.504 e. The van der Waals surface area contributed by atoms with Crippen molar-refractivity contribution in [1.82, 2.24) is 0 Å². The van der Waals surface area contributed by atoms with Crippen molar-refractivity contribution in [2.45, 2.75) is 0 Å². The Bertz CT molecular complexity index is 538. The van der Waals surface area contributed by atoms with Gasteiger partial charge < -0.3 is 15.3 Å². The monoisotopic (exact) mass is 278 g/mol. The fourth-order valence-corrected chi connectivity index (χ4v) is 0.812. The first-order valence-corrected chi connectivity index (χ1v) is 5.62. The Labute approximate surface area is 102 Å². The van der Waals surface area contributed by atoms with Crippen molar-refractivity contribution in [2.24, 2.45) is 0 Å². The van der Waals surface area contributed by atoms with Crippen LogP contribution in [0.5, 0.6) is 11.5 Å². The summed E-state index contributed by atoms with van der Waals surface area (Å²) in [4.78, 5) is 10.1. The third-order valence-corrected chi connectivity index (χ3v) is 1.42. The molecule has 0 amide bonds. The molecule has 100 valence electrons. The highest BCUT2D eigenvalue weighted by atomic mass is 32.3. The number of benzene rings is 1. The molecule has 1 aromatic rings. The molecular weight excluding hydrogens is 268 g/mol. The van der Waals surface area contributed by atoms with E-state index >= 15 is 0 Å². The summed E-state index contributed by atoms with van der Waals surface area (Å²) in [6.07, 6.45) is 2.27. The zero-order valence-electron chi connectivity index (χ0n) is 8.76. The summed E-state index contributed by atoms with van der Waals surface area (Å²) in [6.45, 7) is 0. The van der Waals surface area contributed by atoms with Crippen LogP contribution in [0.1, 0.15) is 5.56 Å². The summed E-state index contributed by atoms with van der Waals surface area (Å²) in [5.41, 5.74) is 0.512. The second kappa shape index (κ2) is 6.59. The van der Waals surface area contributed by atoms with Gasteiger partial charge in [0.05, 0.1) is 0 Å². The average molecular weight is 278 g/mol. The minimum atomic E-state index is -4.67. The lowest BCUT2D eigenvalue weighted by Gasteiger charge is -1.97. The van der Waals surface area contributed by atoms with Crippen LogP contribution in [-0.4, -0.2) is 38.8 Å². The molecule has 9 heteroatoms. The highest BCUT2D eigenvalue weighted by Crippen LogP contribution is 2.25. The number of carboxylic acids is 1. The number of phenolic OH excluding ortho intramolecular Hbond substituents is 2. The summed E-state index contributed by atoms with van der Waals surface area (Å²) in [6, 6.07) is 4.06. The van der Waals surface area contributed by atoms with E-state index in [0.29, 0.717) is 5.56 Å². The number of rotatable bonds is 2. The molecule has 0 bridgehead atoms.